The van der Waals surface area contributed by atoms with Gasteiger partial charge in [-0.25, -0.2) is 4.98 Å². The van der Waals surface area contributed by atoms with Crippen LogP contribution in [-0.2, 0) is 4.79 Å². The van der Waals surface area contributed by atoms with Crippen LogP contribution in [-0.4, -0.2) is 34.2 Å². The van der Waals surface area contributed by atoms with Gasteiger partial charge in [0.2, 0.25) is 5.91 Å². The van der Waals surface area contributed by atoms with E-state index >= 15 is 0 Å². The third kappa shape index (κ3) is 3.84. The third-order valence-corrected chi connectivity index (χ3v) is 3.70. The molecule has 0 aliphatic carbocycles. The van der Waals surface area contributed by atoms with Crippen molar-refractivity contribution in [3.8, 4) is 11.4 Å². The number of aromatic nitrogens is 3. The molecule has 2 heterocycles. The number of nitrogens with zero attached hydrogens (tertiary/aromatic N) is 2. The first-order chi connectivity index (χ1) is 10.2. The molecular formula is C15H20ClN5O. The van der Waals surface area contributed by atoms with Crippen LogP contribution < -0.4 is 10.6 Å². The Labute approximate surface area is 135 Å². The van der Waals surface area contributed by atoms with Crippen LogP contribution in [0.3, 0.4) is 0 Å². The summed E-state index contributed by atoms with van der Waals surface area (Å²) in [5.41, 5.74) is 1.68. The van der Waals surface area contributed by atoms with Crippen molar-refractivity contribution in [1.29, 1.82) is 0 Å². The molecule has 1 amide bonds. The molecule has 0 atom stereocenters. The van der Waals surface area contributed by atoms with Gasteiger partial charge in [-0.3, -0.25) is 9.89 Å². The van der Waals surface area contributed by atoms with Crippen molar-refractivity contribution in [2.24, 2.45) is 5.92 Å². The molecule has 1 aromatic heterocycles. The molecule has 3 rings (SSSR count). The summed E-state index contributed by atoms with van der Waals surface area (Å²) in [6.07, 6.45) is 1.79. The Hall–Kier alpha value is -1.92. The molecule has 0 spiro atoms. The minimum Gasteiger partial charge on any atom is -0.326 e. The molecule has 0 saturated carbocycles. The van der Waals surface area contributed by atoms with E-state index in [0.717, 1.165) is 43.0 Å². The molecule has 1 aromatic carbocycles. The van der Waals surface area contributed by atoms with Crippen LogP contribution in [0.2, 0.25) is 0 Å². The fourth-order valence-corrected chi connectivity index (χ4v) is 2.54. The summed E-state index contributed by atoms with van der Waals surface area (Å²) in [6.45, 7) is 3.68. The van der Waals surface area contributed by atoms with Gasteiger partial charge in [0.15, 0.2) is 5.82 Å². The number of benzene rings is 1. The van der Waals surface area contributed by atoms with E-state index in [1.54, 1.807) is 0 Å². The van der Waals surface area contributed by atoms with Gasteiger partial charge in [-0.2, -0.15) is 5.10 Å². The standard InChI is InChI=1S/C15H19N5O.ClH/c1-10-17-14(20-19-10)12-3-2-4-13(9-12)18-15(21)11-5-7-16-8-6-11;/h2-4,9,11,16H,5-8H2,1H3,(H,18,21)(H,17,19,20);1H. The van der Waals surface area contributed by atoms with Gasteiger partial charge in [-0.1, -0.05) is 12.1 Å². The fourth-order valence-electron chi connectivity index (χ4n) is 2.54. The Morgan fingerprint density at radius 2 is 2.09 bits per heavy atom. The second-order valence-corrected chi connectivity index (χ2v) is 5.34. The maximum absolute atomic E-state index is 12.2. The molecule has 7 heteroatoms. The lowest BCUT2D eigenvalue weighted by Crippen LogP contribution is -2.34. The zero-order valence-corrected chi connectivity index (χ0v) is 13.2. The average molecular weight is 322 g/mol. The highest BCUT2D eigenvalue weighted by Crippen LogP contribution is 2.21. The van der Waals surface area contributed by atoms with Crippen LogP contribution in [0.15, 0.2) is 24.3 Å². The molecule has 3 N–H and O–H groups in total. The number of aromatic amines is 1. The molecule has 1 aliphatic rings. The molecule has 0 radical (unpaired) electrons. The number of amides is 1. The van der Waals surface area contributed by atoms with Crippen LogP contribution >= 0.6 is 12.4 Å². The van der Waals surface area contributed by atoms with Crippen molar-refractivity contribution in [2.45, 2.75) is 19.8 Å². The van der Waals surface area contributed by atoms with Gasteiger partial charge < -0.3 is 10.6 Å². The fraction of sp³-hybridized carbons (Fsp3) is 0.400. The maximum Gasteiger partial charge on any atom is 0.227 e. The normalized spacial score (nSPS) is 15.1. The smallest absolute Gasteiger partial charge is 0.227 e. The first kappa shape index (κ1) is 16.5. The Kier molecular flexibility index (Phi) is 5.51. The summed E-state index contributed by atoms with van der Waals surface area (Å²) in [5, 5.41) is 13.2. The van der Waals surface area contributed by atoms with Gasteiger partial charge in [0, 0.05) is 17.2 Å². The van der Waals surface area contributed by atoms with Crippen molar-refractivity contribution in [2.75, 3.05) is 18.4 Å². The van der Waals surface area contributed by atoms with Crippen LogP contribution in [0.5, 0.6) is 0 Å². The number of carbonyl (C=O) groups excluding carboxylic acids is 1. The molecular weight excluding hydrogens is 302 g/mol. The molecule has 6 nitrogen and oxygen atoms in total. The van der Waals surface area contributed by atoms with Crippen molar-refractivity contribution in [3.63, 3.8) is 0 Å². The monoisotopic (exact) mass is 321 g/mol. The lowest BCUT2D eigenvalue weighted by molar-refractivity contribution is -0.120. The lowest BCUT2D eigenvalue weighted by Gasteiger charge is -2.21. The van der Waals surface area contributed by atoms with Crippen LogP contribution in [0, 0.1) is 12.8 Å². The van der Waals surface area contributed by atoms with Crippen LogP contribution in [0.4, 0.5) is 5.69 Å². The molecule has 1 saturated heterocycles. The number of H-pyrrole nitrogens is 1. The zero-order chi connectivity index (χ0) is 14.7. The molecule has 1 aliphatic heterocycles. The van der Waals surface area contributed by atoms with E-state index in [0.29, 0.717) is 5.82 Å². The number of hydrogen-bond donors (Lipinski definition) is 3. The average Bonchev–Trinajstić information content (AvgIpc) is 2.95. The van der Waals surface area contributed by atoms with E-state index < -0.39 is 0 Å². The third-order valence-electron chi connectivity index (χ3n) is 3.70. The minimum absolute atomic E-state index is 0. The van der Waals surface area contributed by atoms with E-state index in [2.05, 4.69) is 25.8 Å². The topological polar surface area (TPSA) is 82.7 Å². The van der Waals surface area contributed by atoms with Gasteiger partial charge in [-0.05, 0) is 45.0 Å². The maximum atomic E-state index is 12.2. The first-order valence-electron chi connectivity index (χ1n) is 7.23. The van der Waals surface area contributed by atoms with Gasteiger partial charge in [-0.15, -0.1) is 12.4 Å². The summed E-state index contributed by atoms with van der Waals surface area (Å²) in [6, 6.07) is 7.63. The van der Waals surface area contributed by atoms with E-state index in [4.69, 9.17) is 0 Å². The van der Waals surface area contributed by atoms with E-state index in [1.165, 1.54) is 0 Å². The molecule has 118 valence electrons. The Morgan fingerprint density at radius 3 is 2.77 bits per heavy atom. The Balaban J connectivity index is 0.00000176. The molecule has 2 aromatic rings. The summed E-state index contributed by atoms with van der Waals surface area (Å²) in [4.78, 5) is 16.5. The first-order valence-corrected chi connectivity index (χ1v) is 7.23. The number of nitrogens with one attached hydrogen (secondary N) is 3. The van der Waals surface area contributed by atoms with Crippen molar-refractivity contribution >= 4 is 24.0 Å². The largest absolute Gasteiger partial charge is 0.326 e. The number of carbonyl (C=O) groups is 1. The van der Waals surface area contributed by atoms with Crippen molar-refractivity contribution < 1.29 is 4.79 Å². The summed E-state index contributed by atoms with van der Waals surface area (Å²) in [5.74, 6) is 1.61. The van der Waals surface area contributed by atoms with E-state index in [-0.39, 0.29) is 24.2 Å². The minimum atomic E-state index is 0. The molecule has 1 fully saturated rings. The Bertz CT molecular complexity index is 636. The summed E-state index contributed by atoms with van der Waals surface area (Å²) >= 11 is 0. The van der Waals surface area contributed by atoms with Crippen molar-refractivity contribution in [1.82, 2.24) is 20.5 Å². The van der Waals surface area contributed by atoms with Crippen molar-refractivity contribution in [3.05, 3.63) is 30.1 Å². The predicted molar refractivity (Wildman–Crippen MR) is 88.0 cm³/mol. The highest BCUT2D eigenvalue weighted by Gasteiger charge is 2.20. The SMILES string of the molecule is Cc1nc(-c2cccc(NC(=O)C3CCNCC3)c2)n[nH]1.Cl. The van der Waals surface area contributed by atoms with E-state index in [9.17, 15) is 4.79 Å². The van der Waals surface area contributed by atoms with Gasteiger partial charge in [0.1, 0.15) is 5.82 Å². The number of piperidine rings is 1. The summed E-state index contributed by atoms with van der Waals surface area (Å²) in [7, 11) is 0. The number of aryl methyl sites for hydroxylation is 1. The number of anilines is 1. The summed E-state index contributed by atoms with van der Waals surface area (Å²) < 4.78 is 0. The van der Waals surface area contributed by atoms with Gasteiger partial charge in [0.05, 0.1) is 0 Å². The highest BCUT2D eigenvalue weighted by atomic mass is 35.5. The molecule has 0 unspecified atom stereocenters. The van der Waals surface area contributed by atoms with Crippen LogP contribution in [0.25, 0.3) is 11.4 Å². The van der Waals surface area contributed by atoms with Gasteiger partial charge >= 0.3 is 0 Å². The number of halogens is 1. The molecule has 0 bridgehead atoms. The van der Waals surface area contributed by atoms with E-state index in [1.807, 2.05) is 31.2 Å². The Morgan fingerprint density at radius 1 is 1.32 bits per heavy atom. The molecule has 22 heavy (non-hydrogen) atoms. The second kappa shape index (κ2) is 7.38. The van der Waals surface area contributed by atoms with Crippen LogP contribution in [0.1, 0.15) is 18.7 Å². The quantitative estimate of drug-likeness (QED) is 0.809. The zero-order valence-electron chi connectivity index (χ0n) is 12.4. The highest BCUT2D eigenvalue weighted by molar-refractivity contribution is 5.93. The second-order valence-electron chi connectivity index (χ2n) is 5.34. The predicted octanol–water partition coefficient (Wildman–Crippen LogP) is 2.14. The number of hydrogen-bond acceptors (Lipinski definition) is 4. The van der Waals surface area contributed by atoms with Gasteiger partial charge in [0.25, 0.3) is 0 Å². The number of rotatable bonds is 3. The lowest BCUT2D eigenvalue weighted by atomic mass is 9.97.